The van der Waals surface area contributed by atoms with Gasteiger partial charge in [-0.25, -0.2) is 9.37 Å². The molecule has 1 heterocycles. The summed E-state index contributed by atoms with van der Waals surface area (Å²) in [6, 6.07) is 17.1. The first kappa shape index (κ1) is 19.6. The van der Waals surface area contributed by atoms with Gasteiger partial charge in [-0.1, -0.05) is 41.4 Å². The number of hydrogen-bond donors (Lipinski definition) is 1. The quantitative estimate of drug-likeness (QED) is 0.341. The van der Waals surface area contributed by atoms with Crippen LogP contribution in [0.15, 0.2) is 60.7 Å². The molecular weight excluding hydrogens is 410 g/mol. The molecule has 3 nitrogen and oxygen atoms in total. The van der Waals surface area contributed by atoms with Crippen LogP contribution in [-0.4, -0.2) is 15.8 Å². The van der Waals surface area contributed by atoms with Gasteiger partial charge in [0.2, 0.25) is 0 Å². The van der Waals surface area contributed by atoms with Crippen LogP contribution in [-0.2, 0) is 6.42 Å². The van der Waals surface area contributed by atoms with E-state index in [-0.39, 0.29) is 11.6 Å². The molecule has 4 aromatic rings. The summed E-state index contributed by atoms with van der Waals surface area (Å²) in [5, 5.41) is 1.02. The van der Waals surface area contributed by atoms with Crippen molar-refractivity contribution < 1.29 is 9.18 Å². The number of aromatic amines is 1. The Bertz CT molecular complexity index is 1170. The Labute approximate surface area is 177 Å². The lowest BCUT2D eigenvalue weighted by Gasteiger charge is -2.03. The van der Waals surface area contributed by atoms with E-state index in [4.69, 9.17) is 23.2 Å². The molecule has 1 N–H and O–H groups in total. The molecule has 0 amide bonds. The number of carbonyl (C=O) groups is 1. The number of rotatable bonds is 6. The Morgan fingerprint density at radius 1 is 1.00 bits per heavy atom. The maximum absolute atomic E-state index is 13.0. The summed E-state index contributed by atoms with van der Waals surface area (Å²) < 4.78 is 13.0. The average molecular weight is 427 g/mol. The first-order valence-corrected chi connectivity index (χ1v) is 9.98. The summed E-state index contributed by atoms with van der Waals surface area (Å²) in [4.78, 5) is 20.3. The lowest BCUT2D eigenvalue weighted by Crippen LogP contribution is -2.00. The standard InChI is InChI=1S/C23H17Cl2FN2O/c24-17-4-2-5-18(25)22(17)23-27-19-12-9-15(13-20(19)28-23)21(29)6-1-3-14-7-10-16(26)11-8-14/h2,4-5,7-13H,1,3,6H2,(H,27,28). The fraction of sp³-hybridized carbons (Fsp3) is 0.130. The minimum absolute atomic E-state index is 0.0564. The van der Waals surface area contributed by atoms with Gasteiger partial charge in [0.15, 0.2) is 5.78 Å². The summed E-state index contributed by atoms with van der Waals surface area (Å²) in [6.07, 6.45) is 1.85. The number of halogens is 3. The lowest BCUT2D eigenvalue weighted by molar-refractivity contribution is 0.0980. The van der Waals surface area contributed by atoms with Crippen LogP contribution in [0.5, 0.6) is 0 Å². The van der Waals surface area contributed by atoms with Crippen molar-refractivity contribution in [3.05, 3.63) is 87.7 Å². The van der Waals surface area contributed by atoms with Crippen molar-refractivity contribution in [3.63, 3.8) is 0 Å². The number of aromatic nitrogens is 2. The van der Waals surface area contributed by atoms with Crippen LogP contribution in [0.25, 0.3) is 22.4 Å². The number of carbonyl (C=O) groups excluding carboxylic acids is 1. The molecule has 0 unspecified atom stereocenters. The van der Waals surface area contributed by atoms with Crippen molar-refractivity contribution in [1.82, 2.24) is 9.97 Å². The van der Waals surface area contributed by atoms with Crippen molar-refractivity contribution in [3.8, 4) is 11.4 Å². The van der Waals surface area contributed by atoms with Crippen LogP contribution in [0.4, 0.5) is 4.39 Å². The summed E-state index contributed by atoms with van der Waals surface area (Å²) in [7, 11) is 0. The van der Waals surface area contributed by atoms with Crippen LogP contribution in [0.1, 0.15) is 28.8 Å². The molecule has 0 spiro atoms. The molecule has 3 aromatic carbocycles. The minimum atomic E-state index is -0.255. The molecule has 1 aromatic heterocycles. The second-order valence-electron chi connectivity index (χ2n) is 6.82. The van der Waals surface area contributed by atoms with E-state index in [1.807, 2.05) is 6.07 Å². The number of nitrogens with one attached hydrogen (secondary N) is 1. The monoisotopic (exact) mass is 426 g/mol. The Morgan fingerprint density at radius 2 is 1.72 bits per heavy atom. The van der Waals surface area contributed by atoms with Gasteiger partial charge < -0.3 is 4.98 Å². The van der Waals surface area contributed by atoms with Crippen molar-refractivity contribution in [2.24, 2.45) is 0 Å². The predicted molar refractivity (Wildman–Crippen MR) is 115 cm³/mol. The Morgan fingerprint density at radius 3 is 2.45 bits per heavy atom. The SMILES string of the molecule is O=C(CCCc1ccc(F)cc1)c1ccc2nc(-c3c(Cl)cccc3Cl)[nH]c2c1. The molecule has 0 saturated carbocycles. The van der Waals surface area contributed by atoms with Crippen LogP contribution in [0.3, 0.4) is 0 Å². The molecule has 0 aliphatic carbocycles. The number of ketones is 1. The maximum atomic E-state index is 13.0. The highest BCUT2D eigenvalue weighted by molar-refractivity contribution is 6.39. The number of Topliss-reactive ketones (excluding diaryl/α,β-unsaturated/α-hetero) is 1. The van der Waals surface area contributed by atoms with Crippen LogP contribution < -0.4 is 0 Å². The largest absolute Gasteiger partial charge is 0.338 e. The number of fused-ring (bicyclic) bond motifs is 1. The number of nitrogens with zero attached hydrogens (tertiary/aromatic N) is 1. The number of aryl methyl sites for hydroxylation is 1. The molecule has 0 radical (unpaired) electrons. The second-order valence-corrected chi connectivity index (χ2v) is 7.63. The molecule has 6 heteroatoms. The smallest absolute Gasteiger partial charge is 0.162 e. The van der Waals surface area contributed by atoms with E-state index >= 15 is 0 Å². The predicted octanol–water partition coefficient (Wildman–Crippen LogP) is 6.88. The summed E-state index contributed by atoms with van der Waals surface area (Å²) in [6.45, 7) is 0. The van der Waals surface area contributed by atoms with Crippen molar-refractivity contribution in [1.29, 1.82) is 0 Å². The highest BCUT2D eigenvalue weighted by Gasteiger charge is 2.14. The highest BCUT2D eigenvalue weighted by Crippen LogP contribution is 2.34. The van der Waals surface area contributed by atoms with Gasteiger partial charge in [0.05, 0.1) is 26.6 Å². The molecule has 0 aliphatic heterocycles. The van der Waals surface area contributed by atoms with Gasteiger partial charge in [-0.15, -0.1) is 0 Å². The van der Waals surface area contributed by atoms with Crippen molar-refractivity contribution >= 4 is 40.0 Å². The third-order valence-corrected chi connectivity index (χ3v) is 5.42. The van der Waals surface area contributed by atoms with Gasteiger partial charge in [0.1, 0.15) is 11.6 Å². The molecule has 0 aliphatic rings. The molecule has 0 bridgehead atoms. The Balaban J connectivity index is 1.49. The third kappa shape index (κ3) is 4.34. The molecule has 0 saturated heterocycles. The zero-order valence-electron chi connectivity index (χ0n) is 15.4. The normalized spacial score (nSPS) is 11.1. The molecule has 29 heavy (non-hydrogen) atoms. The zero-order chi connectivity index (χ0) is 20.4. The lowest BCUT2D eigenvalue weighted by atomic mass is 10.0. The van der Waals surface area contributed by atoms with Crippen LogP contribution in [0, 0.1) is 5.82 Å². The van der Waals surface area contributed by atoms with E-state index in [1.54, 1.807) is 42.5 Å². The van der Waals surface area contributed by atoms with E-state index in [1.165, 1.54) is 12.1 Å². The third-order valence-electron chi connectivity index (χ3n) is 4.79. The number of H-pyrrole nitrogens is 1. The Kier molecular flexibility index (Phi) is 5.65. The molecule has 0 atom stereocenters. The van der Waals surface area contributed by atoms with Crippen LogP contribution >= 0.6 is 23.2 Å². The van der Waals surface area contributed by atoms with E-state index in [9.17, 15) is 9.18 Å². The minimum Gasteiger partial charge on any atom is -0.338 e. The van der Waals surface area contributed by atoms with E-state index in [0.29, 0.717) is 39.8 Å². The van der Waals surface area contributed by atoms with Crippen molar-refractivity contribution in [2.45, 2.75) is 19.3 Å². The van der Waals surface area contributed by atoms with Gasteiger partial charge >= 0.3 is 0 Å². The van der Waals surface area contributed by atoms with Crippen LogP contribution in [0.2, 0.25) is 10.0 Å². The number of imidazole rings is 1. The van der Waals surface area contributed by atoms with E-state index in [2.05, 4.69) is 9.97 Å². The summed E-state index contributed by atoms with van der Waals surface area (Å²) in [5.41, 5.74) is 3.76. The molecule has 0 fully saturated rings. The second kappa shape index (κ2) is 8.36. The Hall–Kier alpha value is -2.69. The van der Waals surface area contributed by atoms with Gasteiger partial charge in [0.25, 0.3) is 0 Å². The fourth-order valence-corrected chi connectivity index (χ4v) is 3.85. The van der Waals surface area contributed by atoms with E-state index < -0.39 is 0 Å². The molecule has 4 rings (SSSR count). The maximum Gasteiger partial charge on any atom is 0.162 e. The van der Waals surface area contributed by atoms with E-state index in [0.717, 1.165) is 23.0 Å². The fourth-order valence-electron chi connectivity index (χ4n) is 3.27. The van der Waals surface area contributed by atoms with Gasteiger partial charge in [0, 0.05) is 12.0 Å². The zero-order valence-corrected chi connectivity index (χ0v) is 16.9. The van der Waals surface area contributed by atoms with Gasteiger partial charge in [-0.05, 0) is 60.9 Å². The van der Waals surface area contributed by atoms with Gasteiger partial charge in [-0.2, -0.15) is 0 Å². The summed E-state index contributed by atoms with van der Waals surface area (Å²) >= 11 is 12.5. The van der Waals surface area contributed by atoms with Gasteiger partial charge in [-0.3, -0.25) is 4.79 Å². The average Bonchev–Trinajstić information content (AvgIpc) is 3.12. The summed E-state index contributed by atoms with van der Waals surface area (Å²) in [5.74, 6) is 0.368. The highest BCUT2D eigenvalue weighted by atomic mass is 35.5. The topological polar surface area (TPSA) is 45.8 Å². The first-order valence-electron chi connectivity index (χ1n) is 9.23. The number of benzene rings is 3. The molecule has 146 valence electrons. The van der Waals surface area contributed by atoms with Crippen molar-refractivity contribution in [2.75, 3.05) is 0 Å². The molecular formula is C23H17Cl2FN2O. The number of hydrogen-bond acceptors (Lipinski definition) is 2. The first-order chi connectivity index (χ1) is 14.0.